The van der Waals surface area contributed by atoms with E-state index in [0.29, 0.717) is 8.27 Å². The Bertz CT molecular complexity index is 1410. The molecule has 0 fully saturated rings. The minimum absolute atomic E-state index is 0.157. The summed E-state index contributed by atoms with van der Waals surface area (Å²) in [6.07, 6.45) is -0.157. The van der Waals surface area contributed by atoms with Crippen LogP contribution in [0.2, 0.25) is 0 Å². The van der Waals surface area contributed by atoms with Crippen molar-refractivity contribution in [3.05, 3.63) is 204 Å². The van der Waals surface area contributed by atoms with Gasteiger partial charge in [-0.3, -0.25) is 0 Å². The van der Waals surface area contributed by atoms with Crippen molar-refractivity contribution in [2.75, 3.05) is 0 Å². The molecule has 6 rings (SSSR count). The van der Waals surface area contributed by atoms with Gasteiger partial charge in [-0.2, -0.15) is 0 Å². The Morgan fingerprint density at radius 3 is 1.05 bits per heavy atom. The van der Waals surface area contributed by atoms with Crippen LogP contribution in [0.3, 0.4) is 0 Å². The van der Waals surface area contributed by atoms with Gasteiger partial charge in [0.05, 0.1) is 7.53 Å². The second-order valence-corrected chi connectivity index (χ2v) is 18.6. The molecule has 4 heteroatoms. The van der Waals surface area contributed by atoms with Crippen LogP contribution in [0.25, 0.3) is 0 Å². The zero-order valence-electron chi connectivity index (χ0n) is 23.3. The highest BCUT2D eigenvalue weighted by molar-refractivity contribution is 8.58. The summed E-state index contributed by atoms with van der Waals surface area (Å²) in [5, 5.41) is 2.72. The Balaban J connectivity index is 1.51. The van der Waals surface area contributed by atoms with Crippen molar-refractivity contribution in [3.8, 4) is 0 Å². The van der Waals surface area contributed by atoms with E-state index in [0.717, 1.165) is 0 Å². The third kappa shape index (κ3) is 7.13. The van der Waals surface area contributed by atoms with Gasteiger partial charge < -0.3 is 4.52 Å². The van der Waals surface area contributed by atoms with Crippen molar-refractivity contribution in [2.45, 2.75) is 11.8 Å². The molecule has 6 aromatic rings. The molecule has 42 heavy (non-hydrogen) atoms. The van der Waals surface area contributed by atoms with Crippen molar-refractivity contribution >= 4 is 34.0 Å². The maximum absolute atomic E-state index is 7.57. The minimum Gasteiger partial charge on any atom is -0.337 e. The molecule has 0 heterocycles. The fraction of sp³-hybridized carbons (Fsp3) is 0.0526. The SMILES string of the molecule is c1ccc(C(OP(PC(c2ccccc2)c2ccccc2)P(c2ccccc2)c2ccccc2)c2ccccc2)cc1. The number of hydrogen-bond acceptors (Lipinski definition) is 1. The predicted molar refractivity (Wildman–Crippen MR) is 185 cm³/mol. The number of benzene rings is 6. The van der Waals surface area contributed by atoms with E-state index >= 15 is 0 Å². The first kappa shape index (κ1) is 28.7. The zero-order chi connectivity index (χ0) is 28.4. The topological polar surface area (TPSA) is 9.23 Å². The van der Waals surface area contributed by atoms with Gasteiger partial charge >= 0.3 is 0 Å². The van der Waals surface area contributed by atoms with Gasteiger partial charge in [0.1, 0.15) is 6.10 Å². The van der Waals surface area contributed by atoms with Crippen LogP contribution in [0.5, 0.6) is 0 Å². The van der Waals surface area contributed by atoms with Crippen LogP contribution >= 0.6 is 23.4 Å². The molecular formula is C38H33OP3. The van der Waals surface area contributed by atoms with E-state index < -0.39 is 15.1 Å². The van der Waals surface area contributed by atoms with Gasteiger partial charge in [-0.05, 0) is 32.9 Å². The van der Waals surface area contributed by atoms with E-state index in [1.165, 1.54) is 32.9 Å². The molecule has 0 radical (unpaired) electrons. The molecule has 0 aromatic heterocycles. The largest absolute Gasteiger partial charge is 0.337 e. The lowest BCUT2D eigenvalue weighted by Crippen LogP contribution is -2.12. The Hall–Kier alpha value is -3.43. The molecule has 0 saturated carbocycles. The highest BCUT2D eigenvalue weighted by atomic mass is 32.5. The standard InChI is InChI=1S/C38H33OP3/c1-7-19-31(20-8-1)37(32-21-9-2-10-22-32)39-42(41(35-27-15-5-16-28-35)36-29-17-6-18-30-36)40-38(33-23-11-3-12-24-33)34-25-13-4-14-26-34/h1-30,37-38,40H. The Labute approximate surface area is 253 Å². The first-order valence-corrected chi connectivity index (χ1v) is 19.4. The molecule has 2 atom stereocenters. The normalized spacial score (nSPS) is 12.4. The second kappa shape index (κ2) is 14.6. The fourth-order valence-electron chi connectivity index (χ4n) is 5.05. The van der Waals surface area contributed by atoms with Crippen molar-refractivity contribution in [3.63, 3.8) is 0 Å². The summed E-state index contributed by atoms with van der Waals surface area (Å²) >= 11 is 0. The highest BCUT2D eigenvalue weighted by Crippen LogP contribution is 2.83. The third-order valence-corrected chi connectivity index (χ3v) is 17.9. The second-order valence-electron chi connectivity index (χ2n) is 9.95. The van der Waals surface area contributed by atoms with Crippen molar-refractivity contribution in [1.29, 1.82) is 0 Å². The monoisotopic (exact) mass is 598 g/mol. The van der Waals surface area contributed by atoms with Crippen LogP contribution in [-0.2, 0) is 4.52 Å². The molecule has 2 unspecified atom stereocenters. The third-order valence-electron chi connectivity index (χ3n) is 7.10. The molecule has 0 amide bonds. The molecule has 0 aliphatic rings. The van der Waals surface area contributed by atoms with Crippen molar-refractivity contribution < 1.29 is 4.52 Å². The average Bonchev–Trinajstić information content (AvgIpc) is 3.08. The van der Waals surface area contributed by atoms with Crippen LogP contribution in [0, 0.1) is 0 Å². The Kier molecular flexibility index (Phi) is 10.0. The van der Waals surface area contributed by atoms with Gasteiger partial charge in [-0.15, -0.1) is 0 Å². The van der Waals surface area contributed by atoms with Gasteiger partial charge in [0, 0.05) is 13.3 Å². The van der Waals surface area contributed by atoms with E-state index in [-0.39, 0.29) is 11.8 Å². The number of rotatable bonds is 11. The summed E-state index contributed by atoms with van der Waals surface area (Å²) < 4.78 is 7.57. The quantitative estimate of drug-likeness (QED) is 0.135. The fourth-order valence-corrected chi connectivity index (χ4v) is 17.5. The lowest BCUT2D eigenvalue weighted by atomic mass is 10.0. The highest BCUT2D eigenvalue weighted by Gasteiger charge is 2.33. The molecule has 0 N–H and O–H groups in total. The molecule has 0 aliphatic carbocycles. The smallest absolute Gasteiger partial charge is 0.113 e. The zero-order valence-corrected chi connectivity index (χ0v) is 26.1. The lowest BCUT2D eigenvalue weighted by molar-refractivity contribution is 0.288. The maximum atomic E-state index is 7.57. The molecular weight excluding hydrogens is 565 g/mol. The molecule has 206 valence electrons. The summed E-state index contributed by atoms with van der Waals surface area (Å²) in [6.45, 7) is 0. The molecule has 0 bridgehead atoms. The van der Waals surface area contributed by atoms with E-state index in [1.807, 2.05) is 0 Å². The van der Waals surface area contributed by atoms with Crippen LogP contribution in [0.15, 0.2) is 182 Å². The first-order chi connectivity index (χ1) is 20.9. The van der Waals surface area contributed by atoms with Crippen molar-refractivity contribution in [2.24, 2.45) is 0 Å². The van der Waals surface area contributed by atoms with Gasteiger partial charge in [0.25, 0.3) is 0 Å². The van der Waals surface area contributed by atoms with Gasteiger partial charge in [0.2, 0.25) is 0 Å². The van der Waals surface area contributed by atoms with Gasteiger partial charge in [-0.25, -0.2) is 0 Å². The Morgan fingerprint density at radius 2 is 0.690 bits per heavy atom. The van der Waals surface area contributed by atoms with Gasteiger partial charge in [-0.1, -0.05) is 190 Å². The number of hydrogen-bond donors (Lipinski definition) is 0. The molecule has 0 saturated heterocycles. The van der Waals surface area contributed by atoms with Crippen LogP contribution in [-0.4, -0.2) is 0 Å². The molecule has 0 spiro atoms. The molecule has 1 nitrogen and oxygen atoms in total. The first-order valence-electron chi connectivity index (χ1n) is 14.2. The van der Waals surface area contributed by atoms with E-state index in [9.17, 15) is 0 Å². The van der Waals surface area contributed by atoms with Crippen LogP contribution in [0.1, 0.15) is 34.0 Å². The summed E-state index contributed by atoms with van der Waals surface area (Å²) in [5.74, 6) is 0. The summed E-state index contributed by atoms with van der Waals surface area (Å²) in [7, 11) is -1.19. The van der Waals surface area contributed by atoms with Crippen LogP contribution < -0.4 is 10.6 Å². The summed E-state index contributed by atoms with van der Waals surface area (Å²) in [6, 6.07) is 65.5. The average molecular weight is 599 g/mol. The maximum Gasteiger partial charge on any atom is 0.113 e. The molecule has 6 aromatic carbocycles. The predicted octanol–water partition coefficient (Wildman–Crippen LogP) is 10.6. The summed E-state index contributed by atoms with van der Waals surface area (Å²) in [5.41, 5.74) is 5.29. The van der Waals surface area contributed by atoms with Crippen LogP contribution in [0.4, 0.5) is 0 Å². The lowest BCUT2D eigenvalue weighted by Gasteiger charge is -2.34. The van der Waals surface area contributed by atoms with E-state index in [4.69, 9.17) is 4.52 Å². The van der Waals surface area contributed by atoms with Crippen molar-refractivity contribution in [1.82, 2.24) is 0 Å². The molecule has 0 aliphatic heterocycles. The van der Waals surface area contributed by atoms with E-state index in [1.54, 1.807) is 0 Å². The van der Waals surface area contributed by atoms with E-state index in [2.05, 4.69) is 182 Å². The Morgan fingerprint density at radius 1 is 0.381 bits per heavy atom. The summed E-state index contributed by atoms with van der Waals surface area (Å²) in [4.78, 5) is 0. The minimum atomic E-state index is -0.957. The van der Waals surface area contributed by atoms with Gasteiger partial charge in [0.15, 0.2) is 0 Å².